The quantitative estimate of drug-likeness (QED) is 0.846. The molecule has 1 saturated heterocycles. The third kappa shape index (κ3) is 1.70. The number of halogens is 1. The summed E-state index contributed by atoms with van der Waals surface area (Å²) in [4.78, 5) is 7.27. The maximum atomic E-state index is 6.12. The van der Waals surface area contributed by atoms with Gasteiger partial charge in [0.1, 0.15) is 5.84 Å². The highest BCUT2D eigenvalue weighted by molar-refractivity contribution is 6.31. The van der Waals surface area contributed by atoms with E-state index in [1.807, 2.05) is 18.2 Å². The van der Waals surface area contributed by atoms with E-state index in [2.05, 4.69) is 29.3 Å². The molecule has 4 rings (SSSR count). The molecule has 1 fully saturated rings. The van der Waals surface area contributed by atoms with Gasteiger partial charge in [0.15, 0.2) is 0 Å². The van der Waals surface area contributed by atoms with Crippen LogP contribution in [0, 0.1) is 5.92 Å². The molecule has 3 aliphatic rings. The summed E-state index contributed by atoms with van der Waals surface area (Å²) in [6, 6.07) is 5.84. The molecular formula is C16H16ClN3. The van der Waals surface area contributed by atoms with Gasteiger partial charge in [-0.2, -0.15) is 0 Å². The van der Waals surface area contributed by atoms with Crippen LogP contribution in [0.15, 0.2) is 46.6 Å². The minimum atomic E-state index is 0.561. The summed E-state index contributed by atoms with van der Waals surface area (Å²) in [5.41, 5.74) is 4.51. The monoisotopic (exact) mass is 285 g/mol. The van der Waals surface area contributed by atoms with Crippen LogP contribution in [0.25, 0.3) is 0 Å². The van der Waals surface area contributed by atoms with Crippen LogP contribution in [0.3, 0.4) is 0 Å². The number of anilines is 1. The Bertz CT molecular complexity index is 672. The van der Waals surface area contributed by atoms with Crippen LogP contribution >= 0.6 is 11.6 Å². The van der Waals surface area contributed by atoms with Gasteiger partial charge in [0.25, 0.3) is 0 Å². The highest BCUT2D eigenvalue weighted by Crippen LogP contribution is 2.41. The van der Waals surface area contributed by atoms with Gasteiger partial charge in [-0.1, -0.05) is 17.7 Å². The normalized spacial score (nSPS) is 23.0. The summed E-state index contributed by atoms with van der Waals surface area (Å²) in [5, 5.41) is 4.25. The number of allylic oxidation sites excluding steroid dienone is 2. The van der Waals surface area contributed by atoms with E-state index in [0.717, 1.165) is 41.7 Å². The van der Waals surface area contributed by atoms with Gasteiger partial charge >= 0.3 is 0 Å². The predicted molar refractivity (Wildman–Crippen MR) is 83.7 cm³/mol. The summed E-state index contributed by atoms with van der Waals surface area (Å²) >= 11 is 6.12. The Morgan fingerprint density at radius 1 is 1.45 bits per heavy atom. The van der Waals surface area contributed by atoms with Crippen molar-refractivity contribution >= 4 is 28.8 Å². The molecule has 0 aromatic heterocycles. The molecule has 1 aromatic carbocycles. The number of hydrogen-bond donors (Lipinski definition) is 1. The molecular weight excluding hydrogens is 270 g/mol. The Morgan fingerprint density at radius 2 is 2.35 bits per heavy atom. The molecule has 2 heterocycles. The van der Waals surface area contributed by atoms with E-state index in [0.29, 0.717) is 5.92 Å². The van der Waals surface area contributed by atoms with Crippen molar-refractivity contribution in [1.82, 2.24) is 4.90 Å². The molecule has 1 N–H and O–H groups in total. The fourth-order valence-electron chi connectivity index (χ4n) is 3.25. The number of fused-ring (bicyclic) bond motifs is 1. The summed E-state index contributed by atoms with van der Waals surface area (Å²) in [6.07, 6.45) is 5.55. The van der Waals surface area contributed by atoms with Gasteiger partial charge in [-0.3, -0.25) is 0 Å². The van der Waals surface area contributed by atoms with E-state index in [1.165, 1.54) is 11.3 Å². The summed E-state index contributed by atoms with van der Waals surface area (Å²) in [6.45, 7) is 4.24. The zero-order valence-corrected chi connectivity index (χ0v) is 12.1. The molecule has 1 atom stereocenters. The fourth-order valence-corrected chi connectivity index (χ4v) is 3.42. The maximum Gasteiger partial charge on any atom is 0.135 e. The highest BCUT2D eigenvalue weighted by Gasteiger charge is 2.36. The topological polar surface area (TPSA) is 27.6 Å². The molecule has 1 unspecified atom stereocenters. The lowest BCUT2D eigenvalue weighted by atomic mass is 9.92. The molecule has 102 valence electrons. The van der Waals surface area contributed by atoms with Crippen molar-refractivity contribution < 1.29 is 0 Å². The van der Waals surface area contributed by atoms with E-state index in [-0.39, 0.29) is 0 Å². The largest absolute Gasteiger partial charge is 0.356 e. The van der Waals surface area contributed by atoms with Gasteiger partial charge in [0.2, 0.25) is 0 Å². The van der Waals surface area contributed by atoms with Crippen LogP contribution in [0.2, 0.25) is 5.02 Å². The number of hydrogen-bond acceptors (Lipinski definition) is 3. The van der Waals surface area contributed by atoms with Crippen LogP contribution < -0.4 is 5.32 Å². The third-order valence-electron chi connectivity index (χ3n) is 4.22. The summed E-state index contributed by atoms with van der Waals surface area (Å²) < 4.78 is 0. The van der Waals surface area contributed by atoms with Crippen molar-refractivity contribution in [1.29, 1.82) is 0 Å². The van der Waals surface area contributed by atoms with Crippen LogP contribution in [-0.4, -0.2) is 23.8 Å². The fraction of sp³-hybridized carbons (Fsp3) is 0.312. The average Bonchev–Trinajstić information content (AvgIpc) is 2.71. The first-order chi connectivity index (χ1) is 9.76. The number of rotatable bonds is 1. The zero-order chi connectivity index (χ0) is 13.7. The Morgan fingerprint density at radius 3 is 3.20 bits per heavy atom. The first-order valence-electron chi connectivity index (χ1n) is 7.07. The molecule has 4 heteroatoms. The first-order valence-corrected chi connectivity index (χ1v) is 7.45. The Kier molecular flexibility index (Phi) is 2.64. The lowest BCUT2D eigenvalue weighted by Crippen LogP contribution is -2.25. The van der Waals surface area contributed by atoms with Gasteiger partial charge in [-0.25, -0.2) is 4.99 Å². The minimum absolute atomic E-state index is 0.561. The number of nitrogens with zero attached hydrogens (tertiary/aromatic N) is 2. The maximum absolute atomic E-state index is 6.12. The van der Waals surface area contributed by atoms with Crippen LogP contribution in [0.4, 0.5) is 11.4 Å². The number of aliphatic imine (C=N–C) groups is 1. The van der Waals surface area contributed by atoms with E-state index in [9.17, 15) is 0 Å². The van der Waals surface area contributed by atoms with Gasteiger partial charge in [0, 0.05) is 35.3 Å². The van der Waals surface area contributed by atoms with Crippen molar-refractivity contribution in [2.24, 2.45) is 10.9 Å². The first kappa shape index (κ1) is 12.0. The molecule has 3 nitrogen and oxygen atoms in total. The van der Waals surface area contributed by atoms with Crippen molar-refractivity contribution in [3.63, 3.8) is 0 Å². The summed E-state index contributed by atoms with van der Waals surface area (Å²) in [5.74, 6) is 1.68. The second-order valence-corrected chi connectivity index (χ2v) is 5.86. The second-order valence-electron chi connectivity index (χ2n) is 5.42. The number of likely N-dealkylation sites (tertiary alicyclic amines) is 1. The van der Waals surface area contributed by atoms with Crippen LogP contribution in [0.5, 0.6) is 0 Å². The predicted octanol–water partition coefficient (Wildman–Crippen LogP) is 3.96. The molecule has 20 heavy (non-hydrogen) atoms. The summed E-state index contributed by atoms with van der Waals surface area (Å²) in [7, 11) is 0. The zero-order valence-electron chi connectivity index (χ0n) is 11.4. The van der Waals surface area contributed by atoms with Crippen molar-refractivity contribution in [2.45, 2.75) is 13.3 Å². The van der Waals surface area contributed by atoms with E-state index < -0.39 is 0 Å². The Hall–Kier alpha value is -1.74. The highest BCUT2D eigenvalue weighted by atomic mass is 35.5. The number of amidine groups is 1. The van der Waals surface area contributed by atoms with Crippen molar-refractivity contribution in [2.75, 3.05) is 18.4 Å². The third-order valence-corrected chi connectivity index (χ3v) is 4.46. The van der Waals surface area contributed by atoms with Crippen molar-refractivity contribution in [3.05, 3.63) is 46.6 Å². The number of likely N-dealkylation sites (N-methyl/N-ethyl adjacent to an activating group) is 1. The SMILES string of the molecule is CCN1CC2CC=CC3=C2C1=Nc1cc(Cl)ccc1N3. The van der Waals surface area contributed by atoms with Gasteiger partial charge in [-0.15, -0.1) is 0 Å². The van der Waals surface area contributed by atoms with Crippen LogP contribution in [0.1, 0.15) is 13.3 Å². The van der Waals surface area contributed by atoms with E-state index in [1.54, 1.807) is 0 Å². The Balaban J connectivity index is 1.93. The lowest BCUT2D eigenvalue weighted by Gasteiger charge is -2.17. The number of nitrogens with one attached hydrogen (secondary N) is 1. The molecule has 1 aromatic rings. The molecule has 2 aliphatic heterocycles. The van der Waals surface area contributed by atoms with Crippen LogP contribution in [-0.2, 0) is 0 Å². The van der Waals surface area contributed by atoms with E-state index in [4.69, 9.17) is 16.6 Å². The number of benzene rings is 1. The molecule has 0 spiro atoms. The second kappa shape index (κ2) is 4.38. The molecule has 1 aliphatic carbocycles. The van der Waals surface area contributed by atoms with E-state index >= 15 is 0 Å². The Labute approximate surface area is 123 Å². The molecule has 0 bridgehead atoms. The molecule has 0 radical (unpaired) electrons. The van der Waals surface area contributed by atoms with Gasteiger partial charge in [0.05, 0.1) is 11.4 Å². The minimum Gasteiger partial charge on any atom is -0.356 e. The van der Waals surface area contributed by atoms with Crippen molar-refractivity contribution in [3.8, 4) is 0 Å². The standard InChI is InChI=1S/C16H16ClN3/c1-2-20-9-10-4-3-5-13-15(10)16(20)19-14-8-11(17)6-7-12(14)18-13/h3,5-8,10,18H,2,4,9H2,1H3. The smallest absolute Gasteiger partial charge is 0.135 e. The molecule has 0 amide bonds. The average molecular weight is 286 g/mol. The van der Waals surface area contributed by atoms with Gasteiger partial charge in [-0.05, 0) is 37.6 Å². The molecule has 0 saturated carbocycles. The van der Waals surface area contributed by atoms with Gasteiger partial charge < -0.3 is 10.2 Å². The lowest BCUT2D eigenvalue weighted by molar-refractivity contribution is 0.426.